The zero-order valence-corrected chi connectivity index (χ0v) is 12.6. The topological polar surface area (TPSA) is 25.8 Å². The standard InChI is InChI=1S/C13H8BrClN2S/c1-7-8(3-2-4-9(7)14)11-5-10-12(18-11)13(15)17-6-16-10/h2-6H,1H3. The van der Waals surface area contributed by atoms with Crippen molar-refractivity contribution in [2.45, 2.75) is 6.92 Å². The molecule has 0 fully saturated rings. The van der Waals surface area contributed by atoms with Gasteiger partial charge in [0.2, 0.25) is 0 Å². The lowest BCUT2D eigenvalue weighted by Crippen LogP contribution is -1.80. The lowest BCUT2D eigenvalue weighted by molar-refractivity contribution is 1.23. The smallest absolute Gasteiger partial charge is 0.150 e. The average Bonchev–Trinajstić information content (AvgIpc) is 2.78. The lowest BCUT2D eigenvalue weighted by atomic mass is 10.1. The summed E-state index contributed by atoms with van der Waals surface area (Å²) in [5, 5.41) is 0.517. The van der Waals surface area contributed by atoms with E-state index in [1.54, 1.807) is 11.3 Å². The number of benzene rings is 1. The van der Waals surface area contributed by atoms with Crippen LogP contribution in [0.25, 0.3) is 20.7 Å². The minimum absolute atomic E-state index is 0.517. The molecule has 0 N–H and O–H groups in total. The van der Waals surface area contributed by atoms with Gasteiger partial charge in [-0.3, -0.25) is 0 Å². The van der Waals surface area contributed by atoms with Crippen LogP contribution in [0.15, 0.2) is 35.1 Å². The van der Waals surface area contributed by atoms with E-state index in [4.69, 9.17) is 11.6 Å². The van der Waals surface area contributed by atoms with Gasteiger partial charge in [-0.1, -0.05) is 39.7 Å². The molecule has 0 spiro atoms. The predicted molar refractivity (Wildman–Crippen MR) is 80.3 cm³/mol. The summed E-state index contributed by atoms with van der Waals surface area (Å²) in [4.78, 5) is 9.41. The molecule has 18 heavy (non-hydrogen) atoms. The fourth-order valence-corrected chi connectivity index (χ4v) is 3.53. The van der Waals surface area contributed by atoms with E-state index in [0.717, 1.165) is 19.6 Å². The highest BCUT2D eigenvalue weighted by atomic mass is 79.9. The van der Waals surface area contributed by atoms with Gasteiger partial charge < -0.3 is 0 Å². The zero-order chi connectivity index (χ0) is 12.7. The van der Waals surface area contributed by atoms with Crippen molar-refractivity contribution in [3.05, 3.63) is 45.8 Å². The molecule has 2 heterocycles. The third-order valence-corrected chi connectivity index (χ3v) is 5.22. The highest BCUT2D eigenvalue weighted by Crippen LogP contribution is 2.38. The minimum atomic E-state index is 0.517. The van der Waals surface area contributed by atoms with Crippen LogP contribution in [0.3, 0.4) is 0 Å². The Morgan fingerprint density at radius 1 is 1.28 bits per heavy atom. The van der Waals surface area contributed by atoms with E-state index in [-0.39, 0.29) is 0 Å². The molecular formula is C13H8BrClN2S. The van der Waals surface area contributed by atoms with Crippen molar-refractivity contribution in [2.75, 3.05) is 0 Å². The molecular weight excluding hydrogens is 332 g/mol. The fraction of sp³-hybridized carbons (Fsp3) is 0.0769. The first-order chi connectivity index (χ1) is 8.66. The second-order valence-corrected chi connectivity index (χ2v) is 6.17. The van der Waals surface area contributed by atoms with Crippen molar-refractivity contribution in [2.24, 2.45) is 0 Å². The Bertz CT molecular complexity index is 739. The molecule has 2 nitrogen and oxygen atoms in total. The van der Waals surface area contributed by atoms with Crippen molar-refractivity contribution >= 4 is 49.1 Å². The van der Waals surface area contributed by atoms with Crippen LogP contribution in [0, 0.1) is 6.92 Å². The summed E-state index contributed by atoms with van der Waals surface area (Å²) in [6, 6.07) is 8.23. The Labute approximate surface area is 122 Å². The lowest BCUT2D eigenvalue weighted by Gasteiger charge is -2.04. The summed E-state index contributed by atoms with van der Waals surface area (Å²) in [7, 11) is 0. The maximum Gasteiger partial charge on any atom is 0.150 e. The quantitative estimate of drug-likeness (QED) is 0.578. The summed E-state index contributed by atoms with van der Waals surface area (Å²) >= 11 is 11.3. The number of thiophene rings is 1. The second-order valence-electron chi connectivity index (χ2n) is 3.90. The van der Waals surface area contributed by atoms with Gasteiger partial charge >= 0.3 is 0 Å². The van der Waals surface area contributed by atoms with Gasteiger partial charge in [0.15, 0.2) is 0 Å². The first-order valence-electron chi connectivity index (χ1n) is 5.32. The van der Waals surface area contributed by atoms with Crippen LogP contribution in [0.5, 0.6) is 0 Å². The molecule has 0 saturated heterocycles. The van der Waals surface area contributed by atoms with Gasteiger partial charge in [0.05, 0.1) is 10.2 Å². The molecule has 90 valence electrons. The number of hydrogen-bond donors (Lipinski definition) is 0. The van der Waals surface area contributed by atoms with E-state index < -0.39 is 0 Å². The van der Waals surface area contributed by atoms with Crippen molar-refractivity contribution < 1.29 is 0 Å². The van der Waals surface area contributed by atoms with E-state index in [2.05, 4.69) is 45.0 Å². The van der Waals surface area contributed by atoms with Crippen LogP contribution < -0.4 is 0 Å². The summed E-state index contributed by atoms with van der Waals surface area (Å²) < 4.78 is 2.04. The Morgan fingerprint density at radius 3 is 2.89 bits per heavy atom. The number of rotatable bonds is 1. The Balaban J connectivity index is 2.26. The van der Waals surface area contributed by atoms with Gasteiger partial charge in [-0.2, -0.15) is 0 Å². The van der Waals surface area contributed by atoms with Gasteiger partial charge in [0.1, 0.15) is 11.5 Å². The molecule has 3 rings (SSSR count). The van der Waals surface area contributed by atoms with Crippen molar-refractivity contribution in [1.29, 1.82) is 0 Å². The number of halogens is 2. The van der Waals surface area contributed by atoms with Gasteiger partial charge in [-0.25, -0.2) is 9.97 Å². The molecule has 0 unspecified atom stereocenters. The number of fused-ring (bicyclic) bond motifs is 1. The molecule has 0 amide bonds. The maximum absolute atomic E-state index is 6.08. The van der Waals surface area contributed by atoms with Crippen LogP contribution in [-0.4, -0.2) is 9.97 Å². The second kappa shape index (κ2) is 4.61. The largest absolute Gasteiger partial charge is 0.235 e. The molecule has 0 aliphatic carbocycles. The van der Waals surface area contributed by atoms with E-state index in [9.17, 15) is 0 Å². The zero-order valence-electron chi connectivity index (χ0n) is 9.45. The van der Waals surface area contributed by atoms with Crippen LogP contribution in [0.1, 0.15) is 5.56 Å². The van der Waals surface area contributed by atoms with E-state index in [1.807, 2.05) is 12.1 Å². The summed E-state index contributed by atoms with van der Waals surface area (Å²) in [5.74, 6) is 0. The fourth-order valence-electron chi connectivity index (χ4n) is 1.83. The third kappa shape index (κ3) is 1.94. The van der Waals surface area contributed by atoms with Gasteiger partial charge in [0.25, 0.3) is 0 Å². The maximum atomic E-state index is 6.08. The molecule has 0 saturated carbocycles. The molecule has 0 bridgehead atoms. The van der Waals surface area contributed by atoms with Crippen LogP contribution in [-0.2, 0) is 0 Å². The van der Waals surface area contributed by atoms with Gasteiger partial charge in [-0.05, 0) is 30.2 Å². The normalized spacial score (nSPS) is 11.1. The molecule has 1 aromatic carbocycles. The Morgan fingerprint density at radius 2 is 2.11 bits per heavy atom. The molecule has 0 atom stereocenters. The third-order valence-electron chi connectivity index (χ3n) is 2.80. The van der Waals surface area contributed by atoms with Crippen LogP contribution in [0.4, 0.5) is 0 Å². The molecule has 0 aliphatic rings. The number of aromatic nitrogens is 2. The monoisotopic (exact) mass is 338 g/mol. The molecule has 5 heteroatoms. The van der Waals surface area contributed by atoms with Crippen molar-refractivity contribution in [3.63, 3.8) is 0 Å². The molecule has 2 aromatic heterocycles. The average molecular weight is 340 g/mol. The molecule has 0 aliphatic heterocycles. The first kappa shape index (κ1) is 12.1. The summed E-state index contributed by atoms with van der Waals surface area (Å²) in [5.41, 5.74) is 3.31. The summed E-state index contributed by atoms with van der Waals surface area (Å²) in [6.45, 7) is 2.09. The minimum Gasteiger partial charge on any atom is -0.235 e. The number of hydrogen-bond acceptors (Lipinski definition) is 3. The first-order valence-corrected chi connectivity index (χ1v) is 7.31. The summed E-state index contributed by atoms with van der Waals surface area (Å²) in [6.07, 6.45) is 1.49. The SMILES string of the molecule is Cc1c(Br)cccc1-c1cc2ncnc(Cl)c2s1. The van der Waals surface area contributed by atoms with E-state index in [1.165, 1.54) is 17.5 Å². The number of nitrogens with zero attached hydrogens (tertiary/aromatic N) is 2. The van der Waals surface area contributed by atoms with Crippen molar-refractivity contribution in [3.8, 4) is 10.4 Å². The Hall–Kier alpha value is -0.970. The van der Waals surface area contributed by atoms with E-state index >= 15 is 0 Å². The Kier molecular flexibility index (Phi) is 3.09. The van der Waals surface area contributed by atoms with E-state index in [0.29, 0.717) is 5.15 Å². The highest BCUT2D eigenvalue weighted by Gasteiger charge is 2.11. The molecule has 3 aromatic rings. The molecule has 0 radical (unpaired) electrons. The van der Waals surface area contributed by atoms with Crippen LogP contribution in [0.2, 0.25) is 5.15 Å². The van der Waals surface area contributed by atoms with Gasteiger partial charge in [-0.15, -0.1) is 11.3 Å². The van der Waals surface area contributed by atoms with Crippen molar-refractivity contribution in [1.82, 2.24) is 9.97 Å². The highest BCUT2D eigenvalue weighted by molar-refractivity contribution is 9.10. The van der Waals surface area contributed by atoms with Crippen LogP contribution >= 0.6 is 38.9 Å². The van der Waals surface area contributed by atoms with Gasteiger partial charge in [0, 0.05) is 9.35 Å². The predicted octanol–water partition coefficient (Wildman–Crippen LogP) is 5.08.